The van der Waals surface area contributed by atoms with Crippen LogP contribution in [0.5, 0.6) is 0 Å². The minimum atomic E-state index is -3.44. The molecule has 1 aliphatic heterocycles. The largest absolute Gasteiger partial charge is 0.313 e. The van der Waals surface area contributed by atoms with Gasteiger partial charge in [0.15, 0.2) is 5.03 Å². The highest BCUT2D eigenvalue weighted by Gasteiger charge is 2.31. The van der Waals surface area contributed by atoms with Gasteiger partial charge in [-0.15, -0.1) is 0 Å². The van der Waals surface area contributed by atoms with Crippen LogP contribution in [-0.2, 0) is 16.6 Å². The van der Waals surface area contributed by atoms with Crippen molar-refractivity contribution in [2.75, 3.05) is 19.6 Å². The molecule has 1 atom stereocenters. The third kappa shape index (κ3) is 3.39. The Balaban J connectivity index is 2.15. The highest BCUT2D eigenvalue weighted by Crippen LogP contribution is 2.24. The van der Waals surface area contributed by atoms with E-state index in [1.54, 1.807) is 10.5 Å². The lowest BCUT2D eigenvalue weighted by Gasteiger charge is -2.29. The van der Waals surface area contributed by atoms with Crippen molar-refractivity contribution >= 4 is 10.0 Å². The number of aromatic amines is 1. The summed E-state index contributed by atoms with van der Waals surface area (Å²) in [6.45, 7) is 6.78. The minimum absolute atomic E-state index is 0.246. The molecular formula is C13H24N4O2S. The average molecular weight is 300 g/mol. The summed E-state index contributed by atoms with van der Waals surface area (Å²) >= 11 is 0. The van der Waals surface area contributed by atoms with Gasteiger partial charge in [-0.1, -0.05) is 13.8 Å². The Labute approximate surface area is 121 Å². The Morgan fingerprint density at radius 2 is 2.35 bits per heavy atom. The van der Waals surface area contributed by atoms with Gasteiger partial charge in [-0.3, -0.25) is 5.10 Å². The molecule has 0 aromatic carbocycles. The summed E-state index contributed by atoms with van der Waals surface area (Å²) in [5.74, 6) is 0.420. The maximum absolute atomic E-state index is 12.7. The molecule has 0 aliphatic carbocycles. The molecule has 0 radical (unpaired) electrons. The van der Waals surface area contributed by atoms with Gasteiger partial charge in [0.2, 0.25) is 0 Å². The molecule has 2 rings (SSSR count). The molecule has 20 heavy (non-hydrogen) atoms. The summed E-state index contributed by atoms with van der Waals surface area (Å²) in [5, 5.41) is 10.0. The molecule has 0 amide bonds. The first-order chi connectivity index (χ1) is 9.55. The topological polar surface area (TPSA) is 78.1 Å². The normalized spacial score (nSPS) is 21.2. The number of hydrogen-bond donors (Lipinski definition) is 2. The average Bonchev–Trinajstić information content (AvgIpc) is 2.88. The molecule has 0 bridgehead atoms. The van der Waals surface area contributed by atoms with Gasteiger partial charge >= 0.3 is 0 Å². The van der Waals surface area contributed by atoms with Gasteiger partial charge in [-0.2, -0.15) is 9.40 Å². The predicted octanol–water partition coefficient (Wildman–Crippen LogP) is 1.33. The van der Waals surface area contributed by atoms with Gasteiger partial charge in [-0.05, 0) is 31.7 Å². The second-order valence-electron chi connectivity index (χ2n) is 5.51. The van der Waals surface area contributed by atoms with Gasteiger partial charge in [0.05, 0.1) is 6.20 Å². The van der Waals surface area contributed by atoms with Crippen molar-refractivity contribution in [1.29, 1.82) is 0 Å². The van der Waals surface area contributed by atoms with Crippen LogP contribution in [0, 0.1) is 5.92 Å². The van der Waals surface area contributed by atoms with E-state index in [1.165, 1.54) is 0 Å². The van der Waals surface area contributed by atoms with Crippen LogP contribution in [0.1, 0.15) is 38.7 Å². The number of nitrogens with zero attached hydrogens (tertiary/aromatic N) is 2. The van der Waals surface area contributed by atoms with Gasteiger partial charge in [-0.25, -0.2) is 8.42 Å². The minimum Gasteiger partial charge on any atom is -0.313 e. The third-order valence-electron chi connectivity index (χ3n) is 3.64. The SMILES string of the molecule is CCCNCc1cn[nH]c1S(=O)(=O)N1CCCC(C)C1. The van der Waals surface area contributed by atoms with E-state index in [-0.39, 0.29) is 5.03 Å². The molecule has 2 heterocycles. The van der Waals surface area contributed by atoms with Crippen LogP contribution in [-0.4, -0.2) is 42.6 Å². The lowest BCUT2D eigenvalue weighted by Crippen LogP contribution is -2.39. The smallest absolute Gasteiger partial charge is 0.260 e. The van der Waals surface area contributed by atoms with Crippen LogP contribution in [0.3, 0.4) is 0 Å². The number of rotatable bonds is 6. The molecular weight excluding hydrogens is 276 g/mol. The van der Waals surface area contributed by atoms with E-state index in [1.807, 2.05) is 0 Å². The molecule has 0 spiro atoms. The van der Waals surface area contributed by atoms with E-state index in [0.29, 0.717) is 25.6 Å². The molecule has 1 aromatic rings. The Morgan fingerprint density at radius 3 is 3.05 bits per heavy atom. The van der Waals surface area contributed by atoms with Crippen LogP contribution in [0.2, 0.25) is 0 Å². The fraction of sp³-hybridized carbons (Fsp3) is 0.769. The van der Waals surface area contributed by atoms with Crippen molar-refractivity contribution in [3.63, 3.8) is 0 Å². The van der Waals surface area contributed by atoms with Gasteiger partial charge in [0.1, 0.15) is 0 Å². The van der Waals surface area contributed by atoms with Crippen molar-refractivity contribution in [2.24, 2.45) is 5.92 Å². The monoisotopic (exact) mass is 300 g/mol. The molecule has 7 heteroatoms. The Kier molecular flexibility index (Phi) is 5.17. The molecule has 1 fully saturated rings. The van der Waals surface area contributed by atoms with E-state index in [9.17, 15) is 8.42 Å². The summed E-state index contributed by atoms with van der Waals surface area (Å²) in [4.78, 5) is 0. The lowest BCUT2D eigenvalue weighted by atomic mass is 10.0. The number of H-pyrrole nitrogens is 1. The fourth-order valence-corrected chi connectivity index (χ4v) is 4.24. The number of hydrogen-bond acceptors (Lipinski definition) is 4. The summed E-state index contributed by atoms with van der Waals surface area (Å²) in [5.41, 5.74) is 0.719. The zero-order valence-electron chi connectivity index (χ0n) is 12.2. The first kappa shape index (κ1) is 15.5. The molecule has 114 valence electrons. The summed E-state index contributed by atoms with van der Waals surface area (Å²) in [6.07, 6.45) is 4.64. The van der Waals surface area contributed by atoms with E-state index < -0.39 is 10.0 Å². The first-order valence-corrected chi connectivity index (χ1v) is 8.72. The fourth-order valence-electron chi connectivity index (χ4n) is 2.54. The molecule has 2 N–H and O–H groups in total. The van der Waals surface area contributed by atoms with E-state index >= 15 is 0 Å². The second kappa shape index (κ2) is 6.69. The van der Waals surface area contributed by atoms with Crippen LogP contribution in [0.15, 0.2) is 11.2 Å². The Hall–Kier alpha value is -0.920. The van der Waals surface area contributed by atoms with Gasteiger partial charge in [0.25, 0.3) is 10.0 Å². The Bertz CT molecular complexity index is 526. The molecule has 1 aromatic heterocycles. The summed E-state index contributed by atoms with van der Waals surface area (Å²) in [6, 6.07) is 0. The van der Waals surface area contributed by atoms with Crippen LogP contribution >= 0.6 is 0 Å². The highest BCUT2D eigenvalue weighted by molar-refractivity contribution is 7.89. The predicted molar refractivity (Wildman–Crippen MR) is 77.7 cm³/mol. The van der Waals surface area contributed by atoms with Crippen molar-refractivity contribution in [1.82, 2.24) is 19.8 Å². The molecule has 1 aliphatic rings. The number of aromatic nitrogens is 2. The van der Waals surface area contributed by atoms with Crippen molar-refractivity contribution in [2.45, 2.75) is 44.7 Å². The quantitative estimate of drug-likeness (QED) is 0.777. The standard InChI is InChI=1S/C13H24N4O2S/c1-3-6-14-8-12-9-15-16-13(12)20(18,19)17-7-4-5-11(2)10-17/h9,11,14H,3-8,10H2,1-2H3,(H,15,16). The second-order valence-corrected chi connectivity index (χ2v) is 7.39. The van der Waals surface area contributed by atoms with E-state index in [4.69, 9.17) is 0 Å². The zero-order valence-corrected chi connectivity index (χ0v) is 13.0. The summed E-state index contributed by atoms with van der Waals surface area (Å²) < 4.78 is 26.9. The lowest BCUT2D eigenvalue weighted by molar-refractivity contribution is 0.280. The highest BCUT2D eigenvalue weighted by atomic mass is 32.2. The van der Waals surface area contributed by atoms with Crippen molar-refractivity contribution in [3.8, 4) is 0 Å². The molecule has 1 saturated heterocycles. The summed E-state index contributed by atoms with van der Waals surface area (Å²) in [7, 11) is -3.44. The third-order valence-corrected chi connectivity index (χ3v) is 5.52. The van der Waals surface area contributed by atoms with Crippen LogP contribution in [0.25, 0.3) is 0 Å². The number of nitrogens with one attached hydrogen (secondary N) is 2. The van der Waals surface area contributed by atoms with E-state index in [0.717, 1.165) is 31.4 Å². The van der Waals surface area contributed by atoms with E-state index in [2.05, 4.69) is 29.4 Å². The number of piperidine rings is 1. The van der Waals surface area contributed by atoms with Crippen molar-refractivity contribution < 1.29 is 8.42 Å². The molecule has 6 nitrogen and oxygen atoms in total. The Morgan fingerprint density at radius 1 is 1.55 bits per heavy atom. The van der Waals surface area contributed by atoms with Crippen molar-refractivity contribution in [3.05, 3.63) is 11.8 Å². The van der Waals surface area contributed by atoms with Crippen LogP contribution in [0.4, 0.5) is 0 Å². The molecule has 0 saturated carbocycles. The van der Waals surface area contributed by atoms with Crippen LogP contribution < -0.4 is 5.32 Å². The maximum Gasteiger partial charge on any atom is 0.260 e. The van der Waals surface area contributed by atoms with Gasteiger partial charge < -0.3 is 5.32 Å². The number of sulfonamides is 1. The zero-order chi connectivity index (χ0) is 14.6. The molecule has 1 unspecified atom stereocenters. The first-order valence-electron chi connectivity index (χ1n) is 7.28. The van der Waals surface area contributed by atoms with Gasteiger partial charge in [0, 0.05) is 25.2 Å². The maximum atomic E-state index is 12.7.